The third kappa shape index (κ3) is 1.78. The second kappa shape index (κ2) is 4.91. The number of carbonyl (C=O) groups is 2. The van der Waals surface area contributed by atoms with Gasteiger partial charge in [-0.25, -0.2) is 4.90 Å². The van der Waals surface area contributed by atoms with Crippen molar-refractivity contribution in [1.29, 1.82) is 0 Å². The van der Waals surface area contributed by atoms with Crippen molar-refractivity contribution in [2.75, 3.05) is 4.90 Å². The van der Waals surface area contributed by atoms with Crippen molar-refractivity contribution in [2.24, 2.45) is 23.7 Å². The average molecular weight is 427 g/mol. The summed E-state index contributed by atoms with van der Waals surface area (Å²) in [6.07, 6.45) is 0.972. The van der Waals surface area contributed by atoms with Gasteiger partial charge in [0.15, 0.2) is 0 Å². The highest BCUT2D eigenvalue weighted by Gasteiger charge is 2.66. The normalized spacial score (nSPS) is 39.7. The summed E-state index contributed by atoms with van der Waals surface area (Å²) >= 11 is 7.44. The third-order valence-corrected chi connectivity index (χ3v) is 8.80. The average Bonchev–Trinajstić information content (AvgIpc) is 3.07. The van der Waals surface area contributed by atoms with Crippen LogP contribution in [0.5, 0.6) is 0 Å². The molecule has 22 heavy (non-hydrogen) atoms. The molecule has 0 radical (unpaired) electrons. The van der Waals surface area contributed by atoms with Crippen molar-refractivity contribution in [2.45, 2.75) is 29.9 Å². The minimum absolute atomic E-state index is 0.0000463. The van der Waals surface area contributed by atoms with Gasteiger partial charge in [-0.15, -0.1) is 0 Å². The first-order valence-electron chi connectivity index (χ1n) is 7.65. The summed E-state index contributed by atoms with van der Waals surface area (Å²) in [6.45, 7) is 3.94. The number of hydrogen-bond donors (Lipinski definition) is 0. The maximum absolute atomic E-state index is 13.0. The van der Waals surface area contributed by atoms with Crippen molar-refractivity contribution in [3.63, 3.8) is 0 Å². The van der Waals surface area contributed by atoms with E-state index in [1.165, 1.54) is 4.90 Å². The SMILES string of the molecule is Cc1ccc(C)c(N2C(=O)[C@@H]3[C@H]4C[C@H]([C@H](Br)[C@@H]4Br)[C@@H]3C2=O)c1. The Morgan fingerprint density at radius 2 is 1.55 bits per heavy atom. The zero-order chi connectivity index (χ0) is 15.8. The number of anilines is 1. The van der Waals surface area contributed by atoms with Crippen molar-refractivity contribution >= 4 is 49.4 Å². The first kappa shape index (κ1) is 14.9. The van der Waals surface area contributed by atoms with E-state index in [4.69, 9.17) is 0 Å². The van der Waals surface area contributed by atoms with Gasteiger partial charge in [0, 0.05) is 9.65 Å². The van der Waals surface area contributed by atoms with E-state index in [9.17, 15) is 9.59 Å². The van der Waals surface area contributed by atoms with Crippen LogP contribution in [0.2, 0.25) is 0 Å². The Balaban J connectivity index is 1.77. The van der Waals surface area contributed by atoms with Gasteiger partial charge in [0.05, 0.1) is 17.5 Å². The van der Waals surface area contributed by atoms with Crippen LogP contribution >= 0.6 is 31.9 Å². The standard InChI is InChI=1S/C17H17Br2NO2/c1-7-3-4-8(2)11(5-7)20-16(21)12-9-6-10(13(12)17(20)22)15(19)14(9)18/h3-5,9-10,12-15H,6H2,1-2H3/t9-,10+,12-,13+,14-,15+. The summed E-state index contributed by atoms with van der Waals surface area (Å²) < 4.78 is 0. The monoisotopic (exact) mass is 425 g/mol. The van der Waals surface area contributed by atoms with E-state index < -0.39 is 0 Å². The fourth-order valence-corrected chi connectivity index (χ4v) is 6.42. The molecule has 1 aromatic carbocycles. The lowest BCUT2D eigenvalue weighted by Crippen LogP contribution is -2.37. The number of aryl methyl sites for hydroxylation is 2. The molecule has 0 aromatic heterocycles. The minimum atomic E-state index is -0.143. The summed E-state index contributed by atoms with van der Waals surface area (Å²) in [5.41, 5.74) is 2.81. The Hall–Kier alpha value is -0.680. The molecule has 1 aromatic rings. The minimum Gasteiger partial charge on any atom is -0.274 e. The van der Waals surface area contributed by atoms with Gasteiger partial charge in [-0.1, -0.05) is 44.0 Å². The van der Waals surface area contributed by atoms with Gasteiger partial charge in [0.25, 0.3) is 0 Å². The number of halogens is 2. The highest BCUT2D eigenvalue weighted by atomic mass is 79.9. The van der Waals surface area contributed by atoms with E-state index in [-0.39, 0.29) is 45.1 Å². The number of alkyl halides is 2. The number of fused-ring (bicyclic) bond motifs is 5. The van der Waals surface area contributed by atoms with Gasteiger partial charge in [-0.3, -0.25) is 9.59 Å². The fourth-order valence-electron chi connectivity index (χ4n) is 4.55. The second-order valence-corrected chi connectivity index (χ2v) is 8.92. The molecular formula is C17H17Br2NO2. The molecule has 1 aliphatic heterocycles. The Morgan fingerprint density at radius 3 is 2.09 bits per heavy atom. The summed E-state index contributed by atoms with van der Waals surface area (Å²) in [7, 11) is 0. The largest absolute Gasteiger partial charge is 0.274 e. The van der Waals surface area contributed by atoms with Crippen LogP contribution in [0.25, 0.3) is 0 Å². The van der Waals surface area contributed by atoms with Crippen molar-refractivity contribution < 1.29 is 9.59 Å². The summed E-state index contributed by atoms with van der Waals surface area (Å²) in [5.74, 6) is 0.253. The number of hydrogen-bond acceptors (Lipinski definition) is 2. The second-order valence-electron chi connectivity index (χ2n) is 6.81. The van der Waals surface area contributed by atoms with E-state index in [0.717, 1.165) is 23.2 Å². The summed E-state index contributed by atoms with van der Waals surface area (Å²) in [4.78, 5) is 28.0. The molecule has 3 nitrogen and oxygen atoms in total. The summed E-state index contributed by atoms with van der Waals surface area (Å²) in [6, 6.07) is 5.94. The van der Waals surface area contributed by atoms with Crippen LogP contribution in [0.3, 0.4) is 0 Å². The van der Waals surface area contributed by atoms with Gasteiger partial charge in [0.1, 0.15) is 0 Å². The zero-order valence-electron chi connectivity index (χ0n) is 12.4. The van der Waals surface area contributed by atoms with Gasteiger partial charge in [-0.2, -0.15) is 0 Å². The maximum Gasteiger partial charge on any atom is 0.238 e. The number of carbonyl (C=O) groups excluding carboxylic acids is 2. The van der Waals surface area contributed by atoms with Gasteiger partial charge in [-0.05, 0) is 49.3 Å². The lowest BCUT2D eigenvalue weighted by Gasteiger charge is -2.28. The van der Waals surface area contributed by atoms with Gasteiger partial charge in [0.2, 0.25) is 11.8 Å². The van der Waals surface area contributed by atoms with Crippen LogP contribution in [-0.2, 0) is 9.59 Å². The number of benzene rings is 1. The number of rotatable bonds is 1. The Labute approximate surface area is 146 Å². The van der Waals surface area contributed by atoms with E-state index in [0.29, 0.717) is 0 Å². The predicted molar refractivity (Wildman–Crippen MR) is 92.4 cm³/mol. The lowest BCUT2D eigenvalue weighted by molar-refractivity contribution is -0.123. The van der Waals surface area contributed by atoms with E-state index >= 15 is 0 Å². The lowest BCUT2D eigenvalue weighted by atomic mass is 9.81. The van der Waals surface area contributed by atoms with Crippen molar-refractivity contribution in [3.8, 4) is 0 Å². The quantitative estimate of drug-likeness (QED) is 0.508. The van der Waals surface area contributed by atoms with E-state index in [2.05, 4.69) is 31.9 Å². The Morgan fingerprint density at radius 1 is 1.00 bits per heavy atom. The van der Waals surface area contributed by atoms with E-state index in [1.807, 2.05) is 32.0 Å². The molecule has 116 valence electrons. The van der Waals surface area contributed by atoms with Crippen molar-refractivity contribution in [3.05, 3.63) is 29.3 Å². The molecule has 3 aliphatic rings. The number of imide groups is 1. The molecule has 0 N–H and O–H groups in total. The van der Waals surface area contributed by atoms with Crippen LogP contribution < -0.4 is 4.90 Å². The van der Waals surface area contributed by atoms with Crippen LogP contribution in [-0.4, -0.2) is 21.5 Å². The topological polar surface area (TPSA) is 37.4 Å². The smallest absolute Gasteiger partial charge is 0.238 e. The molecular weight excluding hydrogens is 410 g/mol. The fraction of sp³-hybridized carbons (Fsp3) is 0.529. The number of nitrogens with zero attached hydrogens (tertiary/aromatic N) is 1. The molecule has 2 amide bonds. The molecule has 2 saturated carbocycles. The molecule has 1 heterocycles. The molecule has 4 rings (SSSR count). The van der Waals surface area contributed by atoms with Crippen molar-refractivity contribution in [1.82, 2.24) is 0 Å². The van der Waals surface area contributed by atoms with Crippen LogP contribution in [0.1, 0.15) is 17.5 Å². The van der Waals surface area contributed by atoms with Crippen LogP contribution in [0, 0.1) is 37.5 Å². The first-order chi connectivity index (χ1) is 10.4. The zero-order valence-corrected chi connectivity index (χ0v) is 15.6. The molecule has 3 fully saturated rings. The van der Waals surface area contributed by atoms with E-state index in [1.54, 1.807) is 0 Å². The summed E-state index contributed by atoms with van der Waals surface area (Å²) in [5, 5.41) is 0. The van der Waals surface area contributed by atoms with Crippen LogP contribution in [0.4, 0.5) is 5.69 Å². The first-order valence-corrected chi connectivity index (χ1v) is 9.48. The molecule has 0 spiro atoms. The molecule has 2 bridgehead atoms. The highest BCUT2D eigenvalue weighted by molar-refractivity contribution is 9.12. The predicted octanol–water partition coefficient (Wildman–Crippen LogP) is 3.59. The molecule has 1 saturated heterocycles. The van der Waals surface area contributed by atoms with Gasteiger partial charge >= 0.3 is 0 Å². The van der Waals surface area contributed by atoms with Crippen LogP contribution in [0.15, 0.2) is 18.2 Å². The maximum atomic E-state index is 13.0. The van der Waals surface area contributed by atoms with Gasteiger partial charge < -0.3 is 0 Å². The molecule has 5 heteroatoms. The Kier molecular flexibility index (Phi) is 3.32. The third-order valence-electron chi connectivity index (χ3n) is 5.59. The molecule has 2 aliphatic carbocycles. The number of amides is 2. The highest BCUT2D eigenvalue weighted by Crippen LogP contribution is 2.60. The Bertz CT molecular complexity index is 657. The molecule has 0 unspecified atom stereocenters. The molecule has 6 atom stereocenters.